The summed E-state index contributed by atoms with van der Waals surface area (Å²) in [5.41, 5.74) is 0.121. The van der Waals surface area contributed by atoms with E-state index in [9.17, 15) is 34.2 Å². The van der Waals surface area contributed by atoms with Gasteiger partial charge in [-0.15, -0.1) is 0 Å². The highest BCUT2D eigenvalue weighted by Gasteiger charge is 2.36. The molecular formula is C24H14BrNO8S. The predicted octanol–water partition coefficient (Wildman–Crippen LogP) is 5.02. The molecule has 35 heavy (non-hydrogen) atoms. The van der Waals surface area contributed by atoms with Crippen LogP contribution in [0.1, 0.15) is 36.8 Å². The number of rotatable bonds is 7. The van der Waals surface area contributed by atoms with Crippen LogP contribution in [0.4, 0.5) is 4.79 Å². The van der Waals surface area contributed by atoms with Gasteiger partial charge in [0.05, 0.1) is 22.6 Å². The number of hydrogen-bond donors (Lipinski definition) is 2. The number of amides is 2. The fourth-order valence-electron chi connectivity index (χ4n) is 3.24. The molecule has 0 bridgehead atoms. The van der Waals surface area contributed by atoms with Crippen LogP contribution in [0.25, 0.3) is 17.4 Å². The summed E-state index contributed by atoms with van der Waals surface area (Å²) in [7, 11) is 0. The van der Waals surface area contributed by atoms with Crippen LogP contribution in [-0.2, 0) is 4.79 Å². The number of halogens is 1. The van der Waals surface area contributed by atoms with E-state index < -0.39 is 35.4 Å². The zero-order valence-electron chi connectivity index (χ0n) is 17.6. The van der Waals surface area contributed by atoms with Crippen LogP contribution in [-0.4, -0.2) is 50.5 Å². The fourth-order valence-corrected chi connectivity index (χ4v) is 4.32. The summed E-state index contributed by atoms with van der Waals surface area (Å²) in [6.45, 7) is -0.410. The highest BCUT2D eigenvalue weighted by molar-refractivity contribution is 9.10. The van der Waals surface area contributed by atoms with Crippen molar-refractivity contribution in [1.82, 2.24) is 4.90 Å². The Bertz CT molecular complexity index is 1390. The van der Waals surface area contributed by atoms with E-state index in [1.807, 2.05) is 0 Å². The monoisotopic (exact) mass is 555 g/mol. The van der Waals surface area contributed by atoms with Gasteiger partial charge >= 0.3 is 11.9 Å². The van der Waals surface area contributed by atoms with Gasteiger partial charge in [-0.05, 0) is 54.2 Å². The number of benzene rings is 2. The van der Waals surface area contributed by atoms with Crippen LogP contribution in [0.3, 0.4) is 0 Å². The van der Waals surface area contributed by atoms with E-state index in [2.05, 4.69) is 15.9 Å². The number of carboxylic acid groups (broad SMARTS) is 2. The first-order valence-corrected chi connectivity index (χ1v) is 11.5. The molecular weight excluding hydrogens is 542 g/mol. The second-order valence-electron chi connectivity index (χ2n) is 7.31. The SMILES string of the molecule is O=C(O)c1cc(C(=O)O)cc(-c2ccc(/C=C3/SC(=O)N(CC(=O)c4ccc(Br)cc4)C3=O)o2)c1. The van der Waals surface area contributed by atoms with Gasteiger partial charge in [0, 0.05) is 21.7 Å². The van der Waals surface area contributed by atoms with E-state index in [-0.39, 0.29) is 33.1 Å². The molecule has 0 radical (unpaired) electrons. The summed E-state index contributed by atoms with van der Waals surface area (Å²) in [6.07, 6.45) is 1.33. The third-order valence-corrected chi connectivity index (χ3v) is 6.39. The standard InChI is InChI=1S/C24H14BrNO8S/c25-16-3-1-12(2-4-16)18(27)11-26-21(28)20(35-24(26)33)10-17-5-6-19(34-17)13-7-14(22(29)30)9-15(8-13)23(31)32/h1-10H,11H2,(H,29,30)(H,31,32)/b20-10+. The molecule has 2 heterocycles. The van der Waals surface area contributed by atoms with Crippen molar-refractivity contribution < 1.29 is 38.6 Å². The van der Waals surface area contributed by atoms with Crippen molar-refractivity contribution >= 4 is 62.6 Å². The molecule has 2 amide bonds. The van der Waals surface area contributed by atoms with Crippen molar-refractivity contribution in [3.63, 3.8) is 0 Å². The number of carbonyl (C=O) groups excluding carboxylic acids is 3. The Morgan fingerprint density at radius 3 is 2.14 bits per heavy atom. The quantitative estimate of drug-likeness (QED) is 0.303. The molecule has 0 atom stereocenters. The first-order valence-electron chi connectivity index (χ1n) is 9.88. The highest BCUT2D eigenvalue weighted by atomic mass is 79.9. The summed E-state index contributed by atoms with van der Waals surface area (Å²) in [6, 6.07) is 13.1. The Morgan fingerprint density at radius 2 is 1.54 bits per heavy atom. The maximum Gasteiger partial charge on any atom is 0.335 e. The number of ketones is 1. The Kier molecular flexibility index (Phi) is 6.72. The maximum atomic E-state index is 12.7. The number of carbonyl (C=O) groups is 5. The highest BCUT2D eigenvalue weighted by Crippen LogP contribution is 2.34. The van der Waals surface area contributed by atoms with E-state index in [0.717, 1.165) is 15.4 Å². The number of hydrogen-bond acceptors (Lipinski definition) is 7. The van der Waals surface area contributed by atoms with Gasteiger partial charge in [0.15, 0.2) is 5.78 Å². The molecule has 0 unspecified atom stereocenters. The van der Waals surface area contributed by atoms with Crippen LogP contribution < -0.4 is 0 Å². The largest absolute Gasteiger partial charge is 0.478 e. The molecule has 0 spiro atoms. The first-order chi connectivity index (χ1) is 16.6. The smallest absolute Gasteiger partial charge is 0.335 e. The lowest BCUT2D eigenvalue weighted by Crippen LogP contribution is -2.33. The molecule has 1 aliphatic rings. The van der Waals surface area contributed by atoms with Crippen molar-refractivity contribution in [2.75, 3.05) is 6.54 Å². The molecule has 2 N–H and O–H groups in total. The Morgan fingerprint density at radius 1 is 0.914 bits per heavy atom. The zero-order chi connectivity index (χ0) is 25.3. The lowest BCUT2D eigenvalue weighted by molar-refractivity contribution is -0.122. The molecule has 1 aliphatic heterocycles. The predicted molar refractivity (Wildman–Crippen MR) is 129 cm³/mol. The molecule has 4 rings (SSSR count). The molecule has 1 saturated heterocycles. The van der Waals surface area contributed by atoms with E-state index in [1.165, 1.54) is 30.3 Å². The average molecular weight is 556 g/mol. The third-order valence-electron chi connectivity index (χ3n) is 4.95. The zero-order valence-corrected chi connectivity index (χ0v) is 20.0. The summed E-state index contributed by atoms with van der Waals surface area (Å²) < 4.78 is 6.44. The molecule has 11 heteroatoms. The molecule has 1 fully saturated rings. The maximum absolute atomic E-state index is 12.7. The number of Topliss-reactive ketones (excluding diaryl/α,β-unsaturated/α-hetero) is 1. The second-order valence-corrected chi connectivity index (χ2v) is 9.22. The number of imide groups is 1. The van der Waals surface area contributed by atoms with Gasteiger partial charge in [-0.25, -0.2) is 9.59 Å². The number of nitrogens with zero attached hydrogens (tertiary/aromatic N) is 1. The molecule has 1 aromatic heterocycles. The molecule has 3 aromatic rings. The number of furan rings is 1. The van der Waals surface area contributed by atoms with Crippen molar-refractivity contribution in [2.45, 2.75) is 0 Å². The second kappa shape index (κ2) is 9.72. The minimum Gasteiger partial charge on any atom is -0.478 e. The number of thioether (sulfide) groups is 1. The molecule has 2 aromatic carbocycles. The molecule has 0 saturated carbocycles. The van der Waals surface area contributed by atoms with E-state index in [1.54, 1.807) is 24.3 Å². The van der Waals surface area contributed by atoms with Gasteiger partial charge in [0.1, 0.15) is 11.5 Å². The normalized spacial score (nSPS) is 14.5. The first kappa shape index (κ1) is 24.2. The van der Waals surface area contributed by atoms with Gasteiger partial charge in [0.25, 0.3) is 11.1 Å². The Labute approximate surface area is 210 Å². The molecule has 9 nitrogen and oxygen atoms in total. The van der Waals surface area contributed by atoms with Crippen LogP contribution in [0.5, 0.6) is 0 Å². The van der Waals surface area contributed by atoms with Crippen molar-refractivity contribution in [3.8, 4) is 11.3 Å². The van der Waals surface area contributed by atoms with Crippen LogP contribution in [0.2, 0.25) is 0 Å². The van der Waals surface area contributed by atoms with Crippen molar-refractivity contribution in [1.29, 1.82) is 0 Å². The Balaban J connectivity index is 1.55. The summed E-state index contributed by atoms with van der Waals surface area (Å²) in [5, 5.41) is 17.9. The topological polar surface area (TPSA) is 142 Å². The lowest BCUT2D eigenvalue weighted by Gasteiger charge is -2.11. The van der Waals surface area contributed by atoms with E-state index in [0.29, 0.717) is 17.3 Å². The minimum atomic E-state index is -1.30. The Hall–Kier alpha value is -3.96. The van der Waals surface area contributed by atoms with Gasteiger partial charge in [0.2, 0.25) is 0 Å². The van der Waals surface area contributed by atoms with Gasteiger partial charge in [-0.3, -0.25) is 19.3 Å². The number of aromatic carboxylic acids is 2. The lowest BCUT2D eigenvalue weighted by atomic mass is 10.0. The van der Waals surface area contributed by atoms with Crippen molar-refractivity contribution in [2.24, 2.45) is 0 Å². The molecule has 0 aliphatic carbocycles. The average Bonchev–Trinajstić information content (AvgIpc) is 3.39. The summed E-state index contributed by atoms with van der Waals surface area (Å²) in [4.78, 5) is 61.2. The molecule has 176 valence electrons. The van der Waals surface area contributed by atoms with Crippen LogP contribution in [0, 0.1) is 0 Å². The van der Waals surface area contributed by atoms with E-state index >= 15 is 0 Å². The van der Waals surface area contributed by atoms with Crippen LogP contribution in [0.15, 0.2) is 68.4 Å². The number of carboxylic acids is 2. The third kappa shape index (κ3) is 5.26. The van der Waals surface area contributed by atoms with Crippen molar-refractivity contribution in [3.05, 3.63) is 86.4 Å². The summed E-state index contributed by atoms with van der Waals surface area (Å²) >= 11 is 3.93. The fraction of sp³-hybridized carbons (Fsp3) is 0.0417. The van der Waals surface area contributed by atoms with Gasteiger partial charge < -0.3 is 14.6 Å². The summed E-state index contributed by atoms with van der Waals surface area (Å²) in [5.74, 6) is -3.29. The van der Waals surface area contributed by atoms with Gasteiger partial charge in [-0.1, -0.05) is 28.1 Å². The minimum absolute atomic E-state index is 0.0463. The van der Waals surface area contributed by atoms with E-state index in [4.69, 9.17) is 4.42 Å². The van der Waals surface area contributed by atoms with Gasteiger partial charge in [-0.2, -0.15) is 0 Å². The van der Waals surface area contributed by atoms with Crippen LogP contribution >= 0.6 is 27.7 Å².